The standard InChI is InChI=1S/C17H24N2O2/c1-12(2-3-13-4-8-16(20)9-5-13)18-14-10-17(21)19(11-14)15-6-7-15/h4-5,8-9,12,14-15,18,20H,2-3,6-7,10-11H2,1H3/t12-,14-/m1/s1. The lowest BCUT2D eigenvalue weighted by atomic mass is 10.1. The summed E-state index contributed by atoms with van der Waals surface area (Å²) < 4.78 is 0. The third-order valence-electron chi connectivity index (χ3n) is 4.47. The van der Waals surface area contributed by atoms with Crippen molar-refractivity contribution >= 4 is 5.91 Å². The predicted molar refractivity (Wildman–Crippen MR) is 82.2 cm³/mol. The van der Waals surface area contributed by atoms with Crippen LogP contribution in [0.3, 0.4) is 0 Å². The molecule has 0 unspecified atom stereocenters. The summed E-state index contributed by atoms with van der Waals surface area (Å²) >= 11 is 0. The van der Waals surface area contributed by atoms with E-state index in [1.807, 2.05) is 12.1 Å². The van der Waals surface area contributed by atoms with Gasteiger partial charge in [0.1, 0.15) is 5.75 Å². The van der Waals surface area contributed by atoms with Crippen LogP contribution in [0.5, 0.6) is 5.75 Å². The van der Waals surface area contributed by atoms with Gasteiger partial charge in [0, 0.05) is 31.1 Å². The Bertz CT molecular complexity index is 496. The Morgan fingerprint density at radius 3 is 2.71 bits per heavy atom. The van der Waals surface area contributed by atoms with Crippen LogP contribution in [0.2, 0.25) is 0 Å². The van der Waals surface area contributed by atoms with Crippen LogP contribution >= 0.6 is 0 Å². The number of nitrogens with one attached hydrogen (secondary N) is 1. The summed E-state index contributed by atoms with van der Waals surface area (Å²) in [4.78, 5) is 14.0. The van der Waals surface area contributed by atoms with Crippen LogP contribution in [0.25, 0.3) is 0 Å². The summed E-state index contributed by atoms with van der Waals surface area (Å²) in [6, 6.07) is 8.65. The van der Waals surface area contributed by atoms with Crippen LogP contribution in [-0.4, -0.2) is 40.6 Å². The van der Waals surface area contributed by atoms with Crippen LogP contribution in [0.15, 0.2) is 24.3 Å². The molecule has 0 radical (unpaired) electrons. The fourth-order valence-electron chi connectivity index (χ4n) is 3.11. The highest BCUT2D eigenvalue weighted by Crippen LogP contribution is 2.30. The lowest BCUT2D eigenvalue weighted by Crippen LogP contribution is -2.39. The van der Waals surface area contributed by atoms with E-state index in [2.05, 4.69) is 17.1 Å². The minimum absolute atomic E-state index is 0.313. The number of rotatable bonds is 6. The summed E-state index contributed by atoms with van der Waals surface area (Å²) in [5, 5.41) is 12.9. The summed E-state index contributed by atoms with van der Waals surface area (Å²) in [5.74, 6) is 0.635. The average Bonchev–Trinajstić information content (AvgIpc) is 3.23. The molecule has 2 fully saturated rings. The number of hydrogen-bond acceptors (Lipinski definition) is 3. The largest absolute Gasteiger partial charge is 0.508 e. The van der Waals surface area contributed by atoms with Gasteiger partial charge in [-0.3, -0.25) is 4.79 Å². The highest BCUT2D eigenvalue weighted by Gasteiger charge is 2.39. The van der Waals surface area contributed by atoms with Crippen molar-refractivity contribution in [2.24, 2.45) is 0 Å². The Hall–Kier alpha value is -1.55. The molecule has 4 heteroatoms. The smallest absolute Gasteiger partial charge is 0.224 e. The van der Waals surface area contributed by atoms with Gasteiger partial charge in [-0.1, -0.05) is 12.1 Å². The maximum Gasteiger partial charge on any atom is 0.224 e. The molecule has 2 N–H and O–H groups in total. The molecule has 1 aromatic rings. The molecular weight excluding hydrogens is 264 g/mol. The first-order valence-corrected chi connectivity index (χ1v) is 7.95. The zero-order valence-corrected chi connectivity index (χ0v) is 12.6. The van der Waals surface area contributed by atoms with E-state index in [9.17, 15) is 9.90 Å². The summed E-state index contributed by atoms with van der Waals surface area (Å²) in [5.41, 5.74) is 1.24. The van der Waals surface area contributed by atoms with Gasteiger partial charge in [0.2, 0.25) is 5.91 Å². The fourth-order valence-corrected chi connectivity index (χ4v) is 3.11. The predicted octanol–water partition coefficient (Wildman–Crippen LogP) is 2.07. The molecule has 1 aliphatic carbocycles. The van der Waals surface area contributed by atoms with Crippen molar-refractivity contribution < 1.29 is 9.90 Å². The number of phenols is 1. The third kappa shape index (κ3) is 3.76. The van der Waals surface area contributed by atoms with E-state index < -0.39 is 0 Å². The maximum absolute atomic E-state index is 11.9. The molecule has 1 amide bonds. The Morgan fingerprint density at radius 1 is 1.33 bits per heavy atom. The molecule has 2 aliphatic rings. The quantitative estimate of drug-likeness (QED) is 0.842. The van der Waals surface area contributed by atoms with E-state index in [0.29, 0.717) is 36.2 Å². The Balaban J connectivity index is 1.43. The second-order valence-electron chi connectivity index (χ2n) is 6.45. The van der Waals surface area contributed by atoms with Crippen molar-refractivity contribution in [1.29, 1.82) is 0 Å². The number of amides is 1. The minimum atomic E-state index is 0.313. The van der Waals surface area contributed by atoms with Crippen LogP contribution < -0.4 is 5.32 Å². The van der Waals surface area contributed by atoms with Gasteiger partial charge >= 0.3 is 0 Å². The molecule has 1 saturated carbocycles. The molecule has 4 nitrogen and oxygen atoms in total. The molecule has 0 bridgehead atoms. The molecule has 3 rings (SSSR count). The number of phenolic OH excluding ortho intramolecular Hbond substituents is 1. The molecule has 0 spiro atoms. The molecule has 21 heavy (non-hydrogen) atoms. The molecule has 1 heterocycles. The first kappa shape index (κ1) is 14.4. The monoisotopic (exact) mass is 288 g/mol. The van der Waals surface area contributed by atoms with Gasteiger partial charge in [-0.15, -0.1) is 0 Å². The molecule has 1 aliphatic heterocycles. The van der Waals surface area contributed by atoms with Crippen molar-refractivity contribution in [3.05, 3.63) is 29.8 Å². The number of hydrogen-bond donors (Lipinski definition) is 2. The molecule has 114 valence electrons. The van der Waals surface area contributed by atoms with Gasteiger partial charge in [0.25, 0.3) is 0 Å². The summed E-state index contributed by atoms with van der Waals surface area (Å²) in [7, 11) is 0. The van der Waals surface area contributed by atoms with E-state index in [-0.39, 0.29) is 0 Å². The summed E-state index contributed by atoms with van der Waals surface area (Å²) in [6.07, 6.45) is 5.06. The second kappa shape index (κ2) is 6.06. The molecule has 0 aromatic heterocycles. The minimum Gasteiger partial charge on any atom is -0.508 e. The number of likely N-dealkylation sites (tertiary alicyclic amines) is 1. The molecule has 1 aromatic carbocycles. The summed E-state index contributed by atoms with van der Waals surface area (Å²) in [6.45, 7) is 3.07. The number of aromatic hydroxyl groups is 1. The van der Waals surface area contributed by atoms with Gasteiger partial charge in [0.15, 0.2) is 0 Å². The first-order chi connectivity index (χ1) is 10.1. The number of benzene rings is 1. The fraction of sp³-hybridized carbons (Fsp3) is 0.588. The van der Waals surface area contributed by atoms with Crippen LogP contribution in [0.1, 0.15) is 38.2 Å². The highest BCUT2D eigenvalue weighted by atomic mass is 16.3. The van der Waals surface area contributed by atoms with E-state index in [0.717, 1.165) is 19.4 Å². The molecular formula is C17H24N2O2. The molecule has 1 saturated heterocycles. The lowest BCUT2D eigenvalue weighted by Gasteiger charge is -2.20. The Morgan fingerprint density at radius 2 is 2.05 bits per heavy atom. The zero-order chi connectivity index (χ0) is 14.8. The highest BCUT2D eigenvalue weighted by molar-refractivity contribution is 5.80. The molecule has 2 atom stereocenters. The Labute approximate surface area is 126 Å². The van der Waals surface area contributed by atoms with Gasteiger partial charge in [-0.05, 0) is 50.3 Å². The van der Waals surface area contributed by atoms with Gasteiger partial charge in [-0.25, -0.2) is 0 Å². The maximum atomic E-state index is 11.9. The Kier molecular flexibility index (Phi) is 4.15. The first-order valence-electron chi connectivity index (χ1n) is 7.95. The second-order valence-corrected chi connectivity index (χ2v) is 6.45. The van der Waals surface area contributed by atoms with E-state index in [1.165, 1.54) is 18.4 Å². The number of aryl methyl sites for hydroxylation is 1. The van der Waals surface area contributed by atoms with E-state index in [4.69, 9.17) is 0 Å². The number of carbonyl (C=O) groups excluding carboxylic acids is 1. The van der Waals surface area contributed by atoms with Crippen molar-refractivity contribution in [2.75, 3.05) is 6.54 Å². The van der Waals surface area contributed by atoms with Crippen molar-refractivity contribution in [1.82, 2.24) is 10.2 Å². The number of carbonyl (C=O) groups is 1. The van der Waals surface area contributed by atoms with Crippen LogP contribution in [-0.2, 0) is 11.2 Å². The SMILES string of the molecule is C[C@H](CCc1ccc(O)cc1)N[C@@H]1CC(=O)N(C2CC2)C1. The van der Waals surface area contributed by atoms with Crippen LogP contribution in [0.4, 0.5) is 0 Å². The third-order valence-corrected chi connectivity index (χ3v) is 4.47. The normalized spacial score (nSPS) is 23.6. The number of nitrogens with zero attached hydrogens (tertiary/aromatic N) is 1. The topological polar surface area (TPSA) is 52.6 Å². The van der Waals surface area contributed by atoms with Crippen molar-refractivity contribution in [2.45, 2.75) is 57.2 Å². The zero-order valence-electron chi connectivity index (χ0n) is 12.6. The average molecular weight is 288 g/mol. The van der Waals surface area contributed by atoms with Gasteiger partial charge in [-0.2, -0.15) is 0 Å². The van der Waals surface area contributed by atoms with E-state index >= 15 is 0 Å². The van der Waals surface area contributed by atoms with Gasteiger partial charge < -0.3 is 15.3 Å². The van der Waals surface area contributed by atoms with Crippen molar-refractivity contribution in [3.8, 4) is 5.75 Å². The lowest BCUT2D eigenvalue weighted by molar-refractivity contribution is -0.128. The van der Waals surface area contributed by atoms with Crippen LogP contribution in [0, 0.1) is 0 Å². The van der Waals surface area contributed by atoms with E-state index in [1.54, 1.807) is 12.1 Å². The van der Waals surface area contributed by atoms with Crippen molar-refractivity contribution in [3.63, 3.8) is 0 Å². The van der Waals surface area contributed by atoms with Gasteiger partial charge in [0.05, 0.1) is 0 Å².